The number of hydrogen-bond acceptors (Lipinski definition) is 8. The van der Waals surface area contributed by atoms with Crippen LogP contribution in [0.2, 0.25) is 0 Å². The average Bonchev–Trinajstić information content (AvgIpc) is 2.91. The minimum absolute atomic E-state index is 0.0825. The predicted molar refractivity (Wildman–Crippen MR) is 147 cm³/mol. The number of carboxylic acid groups (broad SMARTS) is 3. The van der Waals surface area contributed by atoms with E-state index in [2.05, 4.69) is 0 Å². The molecule has 0 saturated carbocycles. The van der Waals surface area contributed by atoms with E-state index >= 15 is 0 Å². The number of aliphatic hydroxyl groups excluding tert-OH is 1. The van der Waals surface area contributed by atoms with Gasteiger partial charge in [-0.2, -0.15) is 0 Å². The zero-order chi connectivity index (χ0) is 31.4. The van der Waals surface area contributed by atoms with Crippen molar-refractivity contribution in [1.82, 2.24) is 19.6 Å². The number of hydrogen-bond donors (Lipinski definition) is 4. The van der Waals surface area contributed by atoms with E-state index in [-0.39, 0.29) is 65.3 Å². The van der Waals surface area contributed by atoms with Gasteiger partial charge in [0.2, 0.25) is 0 Å². The van der Waals surface area contributed by atoms with E-state index < -0.39 is 48.0 Å². The lowest BCUT2D eigenvalue weighted by Gasteiger charge is -2.40. The molecule has 2 aliphatic heterocycles. The molecule has 4 amide bonds. The summed E-state index contributed by atoms with van der Waals surface area (Å²) < 4.78 is 10.7. The summed E-state index contributed by atoms with van der Waals surface area (Å²) in [6.45, 7) is 6.21. The van der Waals surface area contributed by atoms with E-state index in [0.29, 0.717) is 0 Å². The summed E-state index contributed by atoms with van der Waals surface area (Å²) in [7, 11) is 0. The molecule has 2 fully saturated rings. The molecule has 2 atom stereocenters. The van der Waals surface area contributed by atoms with Crippen LogP contribution in [0.25, 0.3) is 0 Å². The highest BCUT2D eigenvalue weighted by Crippen LogP contribution is 2.19. The zero-order valence-electron chi connectivity index (χ0n) is 24.0. The Morgan fingerprint density at radius 1 is 0.810 bits per heavy atom. The van der Waals surface area contributed by atoms with E-state index in [1.165, 1.54) is 19.6 Å². The number of carboxylic acids is 1. The molecule has 0 unspecified atom stereocenters. The summed E-state index contributed by atoms with van der Waals surface area (Å²) in [4.78, 5) is 62.5. The third-order valence-corrected chi connectivity index (χ3v) is 6.45. The molecule has 2 aliphatic rings. The Morgan fingerprint density at radius 2 is 1.40 bits per heavy atom. The topological polar surface area (TPSA) is 198 Å². The van der Waals surface area contributed by atoms with Crippen molar-refractivity contribution in [3.8, 4) is 0 Å². The molecule has 15 heteroatoms. The normalized spacial score (nSPS) is 18.9. The lowest BCUT2D eigenvalue weighted by atomic mass is 10.1. The average molecular weight is 597 g/mol. The van der Waals surface area contributed by atoms with Crippen LogP contribution in [-0.2, 0) is 20.9 Å². The van der Waals surface area contributed by atoms with Crippen LogP contribution in [-0.4, -0.2) is 134 Å². The van der Waals surface area contributed by atoms with Gasteiger partial charge in [0.25, 0.3) is 0 Å². The van der Waals surface area contributed by atoms with Crippen molar-refractivity contribution >= 4 is 30.3 Å². The van der Waals surface area contributed by atoms with Crippen molar-refractivity contribution in [2.75, 3.05) is 45.9 Å². The molecule has 1 aromatic carbocycles. The van der Waals surface area contributed by atoms with Crippen LogP contribution >= 0.6 is 0 Å². The number of carbonyl (C=O) groups excluding carboxylic acids is 2. The smallest absolute Gasteiger partial charge is 0.410 e. The summed E-state index contributed by atoms with van der Waals surface area (Å²) in [6.07, 6.45) is -3.25. The molecule has 15 nitrogen and oxygen atoms in total. The number of aliphatic hydroxyl groups is 1. The lowest BCUT2D eigenvalue weighted by molar-refractivity contribution is -0.138. The van der Waals surface area contributed by atoms with Crippen molar-refractivity contribution in [1.29, 1.82) is 0 Å². The predicted octanol–water partition coefficient (Wildman–Crippen LogP) is 2.43. The van der Waals surface area contributed by atoms with Gasteiger partial charge in [0.05, 0.1) is 18.5 Å². The van der Waals surface area contributed by atoms with Gasteiger partial charge in [-0.05, 0) is 32.8 Å². The van der Waals surface area contributed by atoms with Gasteiger partial charge < -0.3 is 49.5 Å². The Bertz CT molecular complexity index is 1080. The number of rotatable bonds is 6. The van der Waals surface area contributed by atoms with Gasteiger partial charge in [-0.3, -0.25) is 4.79 Å². The van der Waals surface area contributed by atoms with Crippen LogP contribution < -0.4 is 0 Å². The molecule has 0 spiro atoms. The Morgan fingerprint density at radius 3 is 1.95 bits per heavy atom. The first-order valence-corrected chi connectivity index (χ1v) is 13.5. The first-order valence-electron chi connectivity index (χ1n) is 13.5. The molecule has 1 aromatic rings. The quantitative estimate of drug-likeness (QED) is 0.376. The maximum absolute atomic E-state index is 12.4. The van der Waals surface area contributed by atoms with Gasteiger partial charge in [-0.1, -0.05) is 30.3 Å². The minimum Gasteiger partial charge on any atom is -0.481 e. The number of benzene rings is 1. The summed E-state index contributed by atoms with van der Waals surface area (Å²) in [5.74, 6) is -1.05. The van der Waals surface area contributed by atoms with E-state index in [4.69, 9.17) is 29.9 Å². The van der Waals surface area contributed by atoms with Gasteiger partial charge in [-0.25, -0.2) is 19.2 Å². The molecule has 42 heavy (non-hydrogen) atoms. The SMILES string of the molecule is CC(C)(C)OC(=O)N1CCN(C(=O)OCc2ccccc2)C[C@@H]1CC(=O)O.O=C(O)N1CCN(C(=O)O)[C@@H](CCO)C1. The fraction of sp³-hybridized carbons (Fsp3) is 0.593. The summed E-state index contributed by atoms with van der Waals surface area (Å²) in [6, 6.07) is 8.16. The first kappa shape index (κ1) is 33.9. The Labute approximate surface area is 243 Å². The van der Waals surface area contributed by atoms with E-state index in [1.807, 2.05) is 30.3 Å². The van der Waals surface area contributed by atoms with Gasteiger partial charge in [0.1, 0.15) is 12.2 Å². The second-order valence-electron chi connectivity index (χ2n) is 10.8. The summed E-state index contributed by atoms with van der Waals surface area (Å²) in [5.41, 5.74) is 0.177. The van der Waals surface area contributed by atoms with Gasteiger partial charge in [0, 0.05) is 45.9 Å². The highest BCUT2D eigenvalue weighted by molar-refractivity contribution is 5.73. The molecule has 0 radical (unpaired) electrons. The van der Waals surface area contributed by atoms with Crippen LogP contribution in [0.5, 0.6) is 0 Å². The molecule has 0 aromatic heterocycles. The third-order valence-electron chi connectivity index (χ3n) is 6.45. The van der Waals surface area contributed by atoms with Crippen LogP contribution in [0, 0.1) is 0 Å². The minimum atomic E-state index is -1.07. The lowest BCUT2D eigenvalue weighted by Crippen LogP contribution is -2.57. The van der Waals surface area contributed by atoms with Crippen molar-refractivity contribution in [2.45, 2.75) is 57.9 Å². The number of carbonyl (C=O) groups is 5. The molecular formula is C27H40N4O11. The Balaban J connectivity index is 0.000000347. The maximum atomic E-state index is 12.4. The van der Waals surface area contributed by atoms with E-state index in [0.717, 1.165) is 5.56 Å². The van der Waals surface area contributed by atoms with Gasteiger partial charge in [0.15, 0.2) is 0 Å². The molecule has 3 rings (SSSR count). The van der Waals surface area contributed by atoms with Crippen LogP contribution in [0.15, 0.2) is 30.3 Å². The largest absolute Gasteiger partial charge is 0.481 e. The van der Waals surface area contributed by atoms with Crippen molar-refractivity contribution in [3.63, 3.8) is 0 Å². The number of nitrogens with zero attached hydrogens (tertiary/aromatic N) is 4. The maximum Gasteiger partial charge on any atom is 0.410 e. The molecule has 0 aliphatic carbocycles. The molecule has 2 saturated heterocycles. The van der Waals surface area contributed by atoms with E-state index in [9.17, 15) is 24.0 Å². The van der Waals surface area contributed by atoms with Crippen molar-refractivity contribution < 1.29 is 53.9 Å². The Kier molecular flexibility index (Phi) is 12.6. The summed E-state index contributed by atoms with van der Waals surface area (Å²) >= 11 is 0. The monoisotopic (exact) mass is 596 g/mol. The third kappa shape index (κ3) is 11.0. The fourth-order valence-electron chi connectivity index (χ4n) is 4.45. The van der Waals surface area contributed by atoms with Gasteiger partial charge >= 0.3 is 30.3 Å². The zero-order valence-corrected chi connectivity index (χ0v) is 24.0. The molecule has 4 N–H and O–H groups in total. The molecule has 0 bridgehead atoms. The number of ether oxygens (including phenoxy) is 2. The molecular weight excluding hydrogens is 556 g/mol. The second kappa shape index (κ2) is 15.7. The Hall–Kier alpha value is -4.27. The summed E-state index contributed by atoms with van der Waals surface area (Å²) in [5, 5.41) is 35.5. The van der Waals surface area contributed by atoms with Gasteiger partial charge in [-0.15, -0.1) is 0 Å². The molecule has 2 heterocycles. The standard InChI is InChI=1S/C19H26N2O6.C8H14N2O5/c1-19(2,3)27-18(25)21-10-9-20(12-15(21)11-16(22)23)17(24)26-13-14-7-5-4-6-8-14;11-4-1-6-5-9(7(12)13)2-3-10(6)8(14)15/h4-8,15H,9-13H2,1-3H3,(H,22,23);6,11H,1-5H2,(H,12,13)(H,14,15)/t15-;6-/m00/s1. The van der Waals surface area contributed by atoms with Crippen LogP contribution in [0.4, 0.5) is 19.2 Å². The second-order valence-corrected chi connectivity index (χ2v) is 10.8. The van der Waals surface area contributed by atoms with Crippen LogP contribution in [0.3, 0.4) is 0 Å². The van der Waals surface area contributed by atoms with Crippen molar-refractivity contribution in [2.24, 2.45) is 0 Å². The fourth-order valence-corrected chi connectivity index (χ4v) is 4.45. The first-order chi connectivity index (χ1) is 19.7. The van der Waals surface area contributed by atoms with Crippen LogP contribution in [0.1, 0.15) is 39.2 Å². The number of piperazine rings is 2. The molecule has 234 valence electrons. The van der Waals surface area contributed by atoms with E-state index in [1.54, 1.807) is 20.8 Å². The number of aliphatic carboxylic acids is 1. The number of amides is 4. The highest BCUT2D eigenvalue weighted by atomic mass is 16.6. The van der Waals surface area contributed by atoms with Crippen molar-refractivity contribution in [3.05, 3.63) is 35.9 Å². The highest BCUT2D eigenvalue weighted by Gasteiger charge is 2.36.